The number of hydrogen-bond acceptors (Lipinski definition) is 5. The van der Waals surface area contributed by atoms with Crippen molar-refractivity contribution < 1.29 is 14.6 Å². The van der Waals surface area contributed by atoms with Gasteiger partial charge in [-0.1, -0.05) is 12.1 Å². The summed E-state index contributed by atoms with van der Waals surface area (Å²) in [6.07, 6.45) is 4.21. The smallest absolute Gasteiger partial charge is 0.191 e. The topological polar surface area (TPSA) is 78.4 Å². The summed E-state index contributed by atoms with van der Waals surface area (Å²) in [5.41, 5.74) is 1.25. The van der Waals surface area contributed by atoms with Gasteiger partial charge in [-0.05, 0) is 56.5 Å². The lowest BCUT2D eigenvalue weighted by molar-refractivity contribution is 0.127. The number of nitrogens with one attached hydrogen (secondary N) is 2. The van der Waals surface area contributed by atoms with E-state index in [9.17, 15) is 5.11 Å². The first kappa shape index (κ1) is 21.9. The molecule has 2 atom stereocenters. The third-order valence-electron chi connectivity index (χ3n) is 6.20. The summed E-state index contributed by atoms with van der Waals surface area (Å²) in [7, 11) is 3.51. The largest absolute Gasteiger partial charge is 0.497 e. The molecule has 0 spiro atoms. The highest BCUT2D eigenvalue weighted by molar-refractivity contribution is 5.79. The Morgan fingerprint density at radius 2 is 2.17 bits per heavy atom. The van der Waals surface area contributed by atoms with E-state index in [0.29, 0.717) is 6.61 Å². The van der Waals surface area contributed by atoms with Gasteiger partial charge >= 0.3 is 0 Å². The minimum absolute atomic E-state index is 0.00643. The molecule has 29 heavy (non-hydrogen) atoms. The summed E-state index contributed by atoms with van der Waals surface area (Å²) < 4.78 is 11.0. The SMILES string of the molecule is CN=C(NCC(c1cccc(OC)c1)N1CCCC1)NCC1(CCO)CCOC1. The summed E-state index contributed by atoms with van der Waals surface area (Å²) in [5.74, 6) is 1.68. The van der Waals surface area contributed by atoms with Gasteiger partial charge in [-0.3, -0.25) is 9.89 Å². The average molecular weight is 405 g/mol. The van der Waals surface area contributed by atoms with Crippen LogP contribution < -0.4 is 15.4 Å². The Morgan fingerprint density at radius 1 is 1.34 bits per heavy atom. The minimum atomic E-state index is -0.00643. The van der Waals surface area contributed by atoms with Gasteiger partial charge in [0.15, 0.2) is 5.96 Å². The van der Waals surface area contributed by atoms with Gasteiger partial charge in [-0.15, -0.1) is 0 Å². The summed E-state index contributed by atoms with van der Waals surface area (Å²) in [5, 5.41) is 16.4. The number of methoxy groups -OCH3 is 1. The van der Waals surface area contributed by atoms with E-state index in [-0.39, 0.29) is 18.1 Å². The molecular formula is C22H36N4O3. The van der Waals surface area contributed by atoms with Gasteiger partial charge in [0.1, 0.15) is 5.75 Å². The quantitative estimate of drug-likeness (QED) is 0.430. The molecule has 0 saturated carbocycles. The standard InChI is InChI=1S/C22H36N4O3/c1-23-21(25-16-22(8-12-27)9-13-29-17-22)24-15-20(26-10-3-4-11-26)18-6-5-7-19(14-18)28-2/h5-7,14,20,27H,3-4,8-13,15-17H2,1-2H3,(H2,23,24,25). The van der Waals surface area contributed by atoms with Gasteiger partial charge in [-0.2, -0.15) is 0 Å². The van der Waals surface area contributed by atoms with E-state index >= 15 is 0 Å². The fraction of sp³-hybridized carbons (Fsp3) is 0.682. The molecule has 0 amide bonds. The second-order valence-electron chi connectivity index (χ2n) is 8.12. The van der Waals surface area contributed by atoms with Crippen LogP contribution in [0.5, 0.6) is 5.75 Å². The van der Waals surface area contributed by atoms with Crippen LogP contribution >= 0.6 is 0 Å². The highest BCUT2D eigenvalue weighted by Crippen LogP contribution is 2.31. The molecule has 7 nitrogen and oxygen atoms in total. The maximum Gasteiger partial charge on any atom is 0.191 e. The van der Waals surface area contributed by atoms with Crippen LogP contribution in [-0.2, 0) is 4.74 Å². The summed E-state index contributed by atoms with van der Waals surface area (Å²) in [4.78, 5) is 6.95. The molecule has 3 rings (SSSR count). The van der Waals surface area contributed by atoms with Crippen molar-refractivity contribution in [1.82, 2.24) is 15.5 Å². The predicted octanol–water partition coefficient (Wildman–Crippen LogP) is 1.79. The maximum atomic E-state index is 9.44. The molecule has 2 unspecified atom stereocenters. The fourth-order valence-electron chi connectivity index (χ4n) is 4.36. The average Bonchev–Trinajstić information content (AvgIpc) is 3.44. The molecule has 0 aromatic heterocycles. The van der Waals surface area contributed by atoms with Crippen molar-refractivity contribution in [2.24, 2.45) is 10.4 Å². The zero-order valence-corrected chi connectivity index (χ0v) is 17.8. The number of likely N-dealkylation sites (tertiary alicyclic amines) is 1. The molecule has 2 aliphatic heterocycles. The molecule has 0 aliphatic carbocycles. The van der Waals surface area contributed by atoms with Crippen molar-refractivity contribution >= 4 is 5.96 Å². The summed E-state index contributed by atoms with van der Waals surface area (Å²) in [6.45, 7) is 5.40. The number of guanidine groups is 1. The Bertz CT molecular complexity index is 655. The van der Waals surface area contributed by atoms with Crippen molar-refractivity contribution in [3.8, 4) is 5.75 Å². The van der Waals surface area contributed by atoms with Gasteiger partial charge < -0.3 is 25.2 Å². The number of aliphatic hydroxyl groups excluding tert-OH is 1. The lowest BCUT2D eigenvalue weighted by atomic mass is 9.84. The Kier molecular flexibility index (Phi) is 8.15. The van der Waals surface area contributed by atoms with Crippen molar-refractivity contribution in [1.29, 1.82) is 0 Å². The van der Waals surface area contributed by atoms with Crippen LogP contribution in [0.3, 0.4) is 0 Å². The zero-order valence-electron chi connectivity index (χ0n) is 17.8. The Morgan fingerprint density at radius 3 is 2.83 bits per heavy atom. The number of aliphatic hydroxyl groups is 1. The first-order valence-corrected chi connectivity index (χ1v) is 10.7. The predicted molar refractivity (Wildman–Crippen MR) is 115 cm³/mol. The van der Waals surface area contributed by atoms with Crippen LogP contribution in [0.2, 0.25) is 0 Å². The van der Waals surface area contributed by atoms with Crippen molar-refractivity contribution in [2.75, 3.05) is 60.2 Å². The van der Waals surface area contributed by atoms with E-state index in [1.54, 1.807) is 14.2 Å². The Labute approximate surface area is 174 Å². The molecule has 7 heteroatoms. The molecule has 1 aromatic rings. The molecule has 1 aromatic carbocycles. The number of rotatable bonds is 9. The van der Waals surface area contributed by atoms with Crippen LogP contribution in [0.1, 0.15) is 37.3 Å². The third kappa shape index (κ3) is 5.84. The number of aliphatic imine (C=N–C) groups is 1. The van der Waals surface area contributed by atoms with Gasteiger partial charge in [-0.25, -0.2) is 0 Å². The number of nitrogens with zero attached hydrogens (tertiary/aromatic N) is 2. The molecule has 3 N–H and O–H groups in total. The molecule has 2 fully saturated rings. The molecule has 2 heterocycles. The zero-order chi connectivity index (χ0) is 20.5. The van der Waals surface area contributed by atoms with E-state index in [2.05, 4.69) is 38.7 Å². The first-order valence-electron chi connectivity index (χ1n) is 10.7. The number of hydrogen-bond donors (Lipinski definition) is 3. The van der Waals surface area contributed by atoms with Crippen LogP contribution in [0.25, 0.3) is 0 Å². The number of benzene rings is 1. The van der Waals surface area contributed by atoms with E-state index in [4.69, 9.17) is 9.47 Å². The molecule has 0 radical (unpaired) electrons. The van der Waals surface area contributed by atoms with Crippen LogP contribution in [0.15, 0.2) is 29.3 Å². The monoisotopic (exact) mass is 404 g/mol. The lowest BCUT2D eigenvalue weighted by Crippen LogP contribution is -2.46. The highest BCUT2D eigenvalue weighted by Gasteiger charge is 2.34. The van der Waals surface area contributed by atoms with E-state index < -0.39 is 0 Å². The van der Waals surface area contributed by atoms with Crippen LogP contribution in [0, 0.1) is 5.41 Å². The molecular weight excluding hydrogens is 368 g/mol. The van der Waals surface area contributed by atoms with Crippen LogP contribution in [-0.4, -0.2) is 76.1 Å². The Hall–Kier alpha value is -1.83. The Balaban J connectivity index is 1.62. The highest BCUT2D eigenvalue weighted by atomic mass is 16.5. The fourth-order valence-corrected chi connectivity index (χ4v) is 4.36. The molecule has 2 aliphatic rings. The van der Waals surface area contributed by atoms with Crippen molar-refractivity contribution in [3.05, 3.63) is 29.8 Å². The van der Waals surface area contributed by atoms with Crippen LogP contribution in [0.4, 0.5) is 0 Å². The lowest BCUT2D eigenvalue weighted by Gasteiger charge is -2.30. The maximum absolute atomic E-state index is 9.44. The molecule has 0 bridgehead atoms. The van der Waals surface area contributed by atoms with E-state index in [1.165, 1.54) is 18.4 Å². The minimum Gasteiger partial charge on any atom is -0.497 e. The summed E-state index contributed by atoms with van der Waals surface area (Å²) in [6, 6.07) is 8.63. The second kappa shape index (κ2) is 10.8. The van der Waals surface area contributed by atoms with E-state index in [1.807, 2.05) is 6.07 Å². The number of ether oxygens (including phenoxy) is 2. The van der Waals surface area contributed by atoms with Gasteiger partial charge in [0, 0.05) is 38.8 Å². The second-order valence-corrected chi connectivity index (χ2v) is 8.12. The van der Waals surface area contributed by atoms with Crippen molar-refractivity contribution in [3.63, 3.8) is 0 Å². The normalized spacial score (nSPS) is 23.9. The summed E-state index contributed by atoms with van der Waals surface area (Å²) >= 11 is 0. The molecule has 162 valence electrons. The van der Waals surface area contributed by atoms with Gasteiger partial charge in [0.25, 0.3) is 0 Å². The third-order valence-corrected chi connectivity index (χ3v) is 6.20. The first-order chi connectivity index (χ1) is 14.2. The van der Waals surface area contributed by atoms with E-state index in [0.717, 1.165) is 57.3 Å². The molecule has 2 saturated heterocycles. The van der Waals surface area contributed by atoms with Gasteiger partial charge in [0.2, 0.25) is 0 Å². The van der Waals surface area contributed by atoms with Crippen molar-refractivity contribution in [2.45, 2.75) is 31.7 Å². The van der Waals surface area contributed by atoms with Gasteiger partial charge in [0.05, 0.1) is 19.8 Å².